The summed E-state index contributed by atoms with van der Waals surface area (Å²) in [6.45, 7) is 16.7. The second-order valence-corrected chi connectivity index (χ2v) is 10.7. The van der Waals surface area contributed by atoms with Crippen molar-refractivity contribution in [1.82, 2.24) is 10.6 Å². The van der Waals surface area contributed by atoms with Crippen LogP contribution >= 0.6 is 0 Å². The molecule has 0 bridgehead atoms. The van der Waals surface area contributed by atoms with Gasteiger partial charge in [-0.15, -0.1) is 0 Å². The van der Waals surface area contributed by atoms with Gasteiger partial charge < -0.3 is 15.4 Å². The Kier molecular flexibility index (Phi) is 10.1. The summed E-state index contributed by atoms with van der Waals surface area (Å²) in [4.78, 5) is 42.9. The van der Waals surface area contributed by atoms with E-state index in [-0.39, 0.29) is 46.1 Å². The molecule has 2 saturated heterocycles. The van der Waals surface area contributed by atoms with E-state index < -0.39 is 17.4 Å². The van der Waals surface area contributed by atoms with E-state index in [2.05, 4.69) is 43.1 Å². The summed E-state index contributed by atoms with van der Waals surface area (Å²) in [5.74, 6) is -0.0414. The number of hydrogen-bond donors (Lipinski definition) is 2. The van der Waals surface area contributed by atoms with Crippen LogP contribution in [0.5, 0.6) is 0 Å². The van der Waals surface area contributed by atoms with Crippen LogP contribution in [0.15, 0.2) is 0 Å². The van der Waals surface area contributed by atoms with Gasteiger partial charge in [-0.1, -0.05) is 20.8 Å². The number of amides is 2. The summed E-state index contributed by atoms with van der Waals surface area (Å²) in [6.07, 6.45) is 2.12. The zero-order valence-corrected chi connectivity index (χ0v) is 20.8. The monoisotopic (exact) mass is 443 g/mol. The van der Waals surface area contributed by atoms with Gasteiger partial charge in [0.2, 0.25) is 17.4 Å². The normalized spacial score (nSPS) is 24.5. The van der Waals surface area contributed by atoms with E-state index in [1.807, 2.05) is 13.8 Å². The highest BCUT2D eigenvalue weighted by molar-refractivity contribution is 5.82. The SMILES string of the molecule is COC(=O)C(C)CC(C)(C)[N+](=O)[O-].C[C@@H]1CC(C)(C)NC1=O.C[C@H]1CC(C)(C)NC1=O. The third kappa shape index (κ3) is 10.1. The molecule has 0 aromatic rings. The van der Waals surface area contributed by atoms with E-state index in [1.54, 1.807) is 6.92 Å². The van der Waals surface area contributed by atoms with Gasteiger partial charge in [0, 0.05) is 48.1 Å². The fraction of sp³-hybridized carbons (Fsp3) is 0.864. The topological polar surface area (TPSA) is 128 Å². The number of nitrogens with zero attached hydrogens (tertiary/aromatic N) is 1. The Morgan fingerprint density at radius 3 is 1.61 bits per heavy atom. The molecule has 2 fully saturated rings. The molecular weight excluding hydrogens is 402 g/mol. The van der Waals surface area contributed by atoms with Gasteiger partial charge in [-0.3, -0.25) is 24.5 Å². The molecule has 0 saturated carbocycles. The molecule has 31 heavy (non-hydrogen) atoms. The number of carbonyl (C=O) groups is 3. The molecule has 2 amide bonds. The minimum atomic E-state index is -1.08. The maximum Gasteiger partial charge on any atom is 0.308 e. The van der Waals surface area contributed by atoms with E-state index in [4.69, 9.17) is 0 Å². The number of rotatable bonds is 4. The number of carbonyl (C=O) groups excluding carboxylic acids is 3. The van der Waals surface area contributed by atoms with Crippen LogP contribution in [0.25, 0.3) is 0 Å². The van der Waals surface area contributed by atoms with Crippen LogP contribution in [-0.2, 0) is 19.1 Å². The third-order valence-electron chi connectivity index (χ3n) is 5.35. The standard InChI is InChI=1S/C8H15NO4.2C7H13NO/c1-6(7(10)13-4)5-8(2,3)9(11)12;2*1-5-4-7(2,3)8-6(5)9/h6H,5H2,1-4H3;2*5H,4H2,1-3H3,(H,8,9)/t;2*5-/m.10/s1. The van der Waals surface area contributed by atoms with E-state index in [1.165, 1.54) is 21.0 Å². The lowest BCUT2D eigenvalue weighted by molar-refractivity contribution is -0.562. The minimum absolute atomic E-state index is 0.0382. The van der Waals surface area contributed by atoms with E-state index >= 15 is 0 Å². The predicted molar refractivity (Wildman–Crippen MR) is 119 cm³/mol. The van der Waals surface area contributed by atoms with Gasteiger partial charge in [0.1, 0.15) is 0 Å². The summed E-state index contributed by atoms with van der Waals surface area (Å²) >= 11 is 0. The summed E-state index contributed by atoms with van der Waals surface area (Å²) < 4.78 is 4.48. The molecular formula is C22H41N3O6. The van der Waals surface area contributed by atoms with Crippen LogP contribution in [0.4, 0.5) is 0 Å². The van der Waals surface area contributed by atoms with Crippen molar-refractivity contribution in [1.29, 1.82) is 0 Å². The van der Waals surface area contributed by atoms with E-state index in [9.17, 15) is 24.5 Å². The lowest BCUT2D eigenvalue weighted by Gasteiger charge is -2.18. The minimum Gasteiger partial charge on any atom is -0.469 e. The molecule has 3 atom stereocenters. The Hall–Kier alpha value is -2.19. The Morgan fingerprint density at radius 1 is 1.10 bits per heavy atom. The van der Waals surface area contributed by atoms with E-state index in [0.29, 0.717) is 0 Å². The first-order valence-corrected chi connectivity index (χ1v) is 10.7. The first kappa shape index (κ1) is 28.8. The predicted octanol–water partition coefficient (Wildman–Crippen LogP) is 3.08. The zero-order valence-electron chi connectivity index (χ0n) is 20.8. The quantitative estimate of drug-likeness (QED) is 0.390. The van der Waals surface area contributed by atoms with Gasteiger partial charge in [-0.2, -0.15) is 0 Å². The molecule has 2 aliphatic heterocycles. The Morgan fingerprint density at radius 2 is 1.45 bits per heavy atom. The average molecular weight is 444 g/mol. The molecule has 180 valence electrons. The van der Waals surface area contributed by atoms with Crippen molar-refractivity contribution in [3.05, 3.63) is 10.1 Å². The molecule has 9 heteroatoms. The van der Waals surface area contributed by atoms with Crippen molar-refractivity contribution in [3.8, 4) is 0 Å². The molecule has 0 aromatic heterocycles. The third-order valence-corrected chi connectivity index (χ3v) is 5.35. The molecule has 0 aromatic carbocycles. The van der Waals surface area contributed by atoms with Crippen molar-refractivity contribution in [2.75, 3.05) is 7.11 Å². The molecule has 0 spiro atoms. The summed E-state index contributed by atoms with van der Waals surface area (Å²) in [5, 5.41) is 16.3. The van der Waals surface area contributed by atoms with Crippen molar-refractivity contribution in [2.45, 2.75) is 98.2 Å². The number of esters is 1. The van der Waals surface area contributed by atoms with Crippen molar-refractivity contribution in [3.63, 3.8) is 0 Å². The van der Waals surface area contributed by atoms with Crippen LogP contribution in [0.3, 0.4) is 0 Å². The van der Waals surface area contributed by atoms with Crippen LogP contribution in [0.2, 0.25) is 0 Å². The Balaban J connectivity index is 0.000000445. The largest absolute Gasteiger partial charge is 0.469 e. The summed E-state index contributed by atoms with van der Waals surface area (Å²) in [6, 6.07) is 0. The summed E-state index contributed by atoms with van der Waals surface area (Å²) in [5.41, 5.74) is -0.999. The first-order chi connectivity index (χ1) is 13.8. The highest BCUT2D eigenvalue weighted by Gasteiger charge is 2.36. The molecule has 0 radical (unpaired) electrons. The second-order valence-electron chi connectivity index (χ2n) is 10.7. The molecule has 2 aliphatic rings. The van der Waals surface area contributed by atoms with Gasteiger partial charge in [0.15, 0.2) is 0 Å². The molecule has 1 unspecified atom stereocenters. The fourth-order valence-corrected chi connectivity index (χ4v) is 3.84. The van der Waals surface area contributed by atoms with Gasteiger partial charge in [-0.05, 0) is 40.5 Å². The second kappa shape index (κ2) is 10.9. The van der Waals surface area contributed by atoms with E-state index in [0.717, 1.165) is 12.8 Å². The maximum absolute atomic E-state index is 11.0. The number of ether oxygens (including phenoxy) is 1. The Labute approximate surface area is 186 Å². The van der Waals surface area contributed by atoms with Gasteiger partial charge in [0.25, 0.3) is 0 Å². The summed E-state index contributed by atoms with van der Waals surface area (Å²) in [7, 11) is 1.28. The molecule has 2 N–H and O–H groups in total. The molecule has 2 rings (SSSR count). The van der Waals surface area contributed by atoms with Crippen molar-refractivity contribution in [2.24, 2.45) is 17.8 Å². The van der Waals surface area contributed by atoms with Crippen molar-refractivity contribution >= 4 is 17.8 Å². The van der Waals surface area contributed by atoms with Gasteiger partial charge in [-0.25, -0.2) is 0 Å². The highest BCUT2D eigenvalue weighted by Crippen LogP contribution is 2.24. The first-order valence-electron chi connectivity index (χ1n) is 10.7. The number of nitrogens with one attached hydrogen (secondary N) is 2. The molecule has 9 nitrogen and oxygen atoms in total. The highest BCUT2D eigenvalue weighted by atomic mass is 16.6. The van der Waals surface area contributed by atoms with Crippen LogP contribution < -0.4 is 10.6 Å². The lowest BCUT2D eigenvalue weighted by atomic mass is 9.92. The fourth-order valence-electron chi connectivity index (χ4n) is 3.84. The van der Waals surface area contributed by atoms with Crippen LogP contribution in [-0.4, -0.2) is 46.4 Å². The van der Waals surface area contributed by atoms with Crippen LogP contribution in [0, 0.1) is 27.9 Å². The average Bonchev–Trinajstić information content (AvgIpc) is 2.97. The lowest BCUT2D eigenvalue weighted by Crippen LogP contribution is -2.35. The van der Waals surface area contributed by atoms with Crippen LogP contribution in [0.1, 0.15) is 81.6 Å². The Bertz CT molecular complexity index is 638. The number of methoxy groups -OCH3 is 1. The van der Waals surface area contributed by atoms with Crippen molar-refractivity contribution < 1.29 is 24.0 Å². The maximum atomic E-state index is 11.0. The smallest absolute Gasteiger partial charge is 0.308 e. The molecule has 0 aliphatic carbocycles. The number of hydrogen-bond acceptors (Lipinski definition) is 6. The zero-order chi connectivity index (χ0) is 24.8. The van der Waals surface area contributed by atoms with Gasteiger partial charge in [0.05, 0.1) is 13.0 Å². The number of nitro groups is 1. The molecule has 2 heterocycles. The van der Waals surface area contributed by atoms with Gasteiger partial charge >= 0.3 is 5.97 Å².